The van der Waals surface area contributed by atoms with Crippen LogP contribution in [0.25, 0.3) is 0 Å². The van der Waals surface area contributed by atoms with Crippen LogP contribution in [0, 0.1) is 0 Å². The van der Waals surface area contributed by atoms with Crippen molar-refractivity contribution in [3.63, 3.8) is 0 Å². The van der Waals surface area contributed by atoms with Gasteiger partial charge in [0.1, 0.15) is 11.6 Å². The Morgan fingerprint density at radius 1 is 1.38 bits per heavy atom. The zero-order valence-electron chi connectivity index (χ0n) is 8.97. The van der Waals surface area contributed by atoms with Gasteiger partial charge in [-0.15, -0.1) is 0 Å². The fourth-order valence-corrected chi connectivity index (χ4v) is 3.25. The zero-order chi connectivity index (χ0) is 11.9. The van der Waals surface area contributed by atoms with E-state index < -0.39 is 9.84 Å². The molecule has 88 valence electrons. The molecule has 1 aliphatic rings. The number of nitrogens with two attached hydrogens (primary N) is 2. The number of sulfone groups is 1. The van der Waals surface area contributed by atoms with E-state index in [1.54, 1.807) is 0 Å². The minimum absolute atomic E-state index is 0.0407. The van der Waals surface area contributed by atoms with Gasteiger partial charge in [-0.3, -0.25) is 0 Å². The lowest BCUT2D eigenvalue weighted by Gasteiger charge is -2.07. The molecule has 1 aromatic heterocycles. The summed E-state index contributed by atoms with van der Waals surface area (Å²) in [5.74, 6) is 0.693. The second kappa shape index (κ2) is 3.67. The monoisotopic (exact) mass is 242 g/mol. The maximum atomic E-state index is 11.4. The van der Waals surface area contributed by atoms with Gasteiger partial charge in [-0.2, -0.15) is 0 Å². The highest BCUT2D eigenvalue weighted by Gasteiger charge is 2.29. The number of nitrogen functional groups attached to an aromatic ring is 1. The van der Waals surface area contributed by atoms with Gasteiger partial charge < -0.3 is 11.5 Å². The van der Waals surface area contributed by atoms with Crippen molar-refractivity contribution in [3.05, 3.63) is 17.1 Å². The molecule has 0 aromatic carbocycles. The Labute approximate surface area is 94.0 Å². The Bertz CT molecular complexity index is 525. The minimum Gasteiger partial charge on any atom is -0.383 e. The fraction of sp³-hybridized carbons (Fsp3) is 0.556. The summed E-state index contributed by atoms with van der Waals surface area (Å²) in [5.41, 5.74) is 12.4. The van der Waals surface area contributed by atoms with Crippen molar-refractivity contribution in [2.45, 2.75) is 30.9 Å². The Balaban J connectivity index is 2.42. The van der Waals surface area contributed by atoms with Gasteiger partial charge in [-0.25, -0.2) is 18.4 Å². The van der Waals surface area contributed by atoms with Crippen LogP contribution in [0.15, 0.2) is 0 Å². The molecule has 6 nitrogen and oxygen atoms in total. The molecule has 1 aromatic rings. The largest absolute Gasteiger partial charge is 0.383 e. The average molecular weight is 242 g/mol. The van der Waals surface area contributed by atoms with Crippen LogP contribution in [0.5, 0.6) is 0 Å². The maximum absolute atomic E-state index is 11.4. The van der Waals surface area contributed by atoms with Crippen LogP contribution in [-0.4, -0.2) is 24.4 Å². The van der Waals surface area contributed by atoms with Gasteiger partial charge in [0.15, 0.2) is 9.84 Å². The van der Waals surface area contributed by atoms with Crippen molar-refractivity contribution in [1.82, 2.24) is 9.97 Å². The lowest BCUT2D eigenvalue weighted by atomic mass is 10.2. The van der Waals surface area contributed by atoms with Gasteiger partial charge in [-0.05, 0) is 6.92 Å². The summed E-state index contributed by atoms with van der Waals surface area (Å²) in [4.78, 5) is 8.27. The molecule has 0 spiro atoms. The maximum Gasteiger partial charge on any atom is 0.160 e. The first-order valence-electron chi connectivity index (χ1n) is 4.97. The third kappa shape index (κ3) is 2.14. The minimum atomic E-state index is -3.09. The molecule has 0 radical (unpaired) electrons. The van der Waals surface area contributed by atoms with E-state index >= 15 is 0 Å². The first kappa shape index (κ1) is 11.3. The molecule has 0 bridgehead atoms. The molecule has 7 heteroatoms. The topological polar surface area (TPSA) is 112 Å². The van der Waals surface area contributed by atoms with E-state index in [9.17, 15) is 8.42 Å². The van der Waals surface area contributed by atoms with Gasteiger partial charge >= 0.3 is 0 Å². The van der Waals surface area contributed by atoms with Gasteiger partial charge in [0.25, 0.3) is 0 Å². The van der Waals surface area contributed by atoms with Crippen molar-refractivity contribution in [3.8, 4) is 0 Å². The summed E-state index contributed by atoms with van der Waals surface area (Å²) < 4.78 is 22.9. The molecule has 0 amide bonds. The first-order chi connectivity index (χ1) is 7.37. The number of aromatic nitrogens is 2. The molecule has 1 aliphatic heterocycles. The molecule has 1 unspecified atom stereocenters. The van der Waals surface area contributed by atoms with Crippen LogP contribution in [0.2, 0.25) is 0 Å². The summed E-state index contributed by atoms with van der Waals surface area (Å²) in [6.45, 7) is 1.84. The van der Waals surface area contributed by atoms with Crippen molar-refractivity contribution < 1.29 is 8.42 Å². The molecule has 16 heavy (non-hydrogen) atoms. The molecule has 4 N–H and O–H groups in total. The van der Waals surface area contributed by atoms with Crippen LogP contribution in [0.4, 0.5) is 5.82 Å². The van der Waals surface area contributed by atoms with E-state index in [-0.39, 0.29) is 23.4 Å². The second-order valence-corrected chi connectivity index (χ2v) is 6.23. The van der Waals surface area contributed by atoms with E-state index in [1.807, 2.05) is 6.92 Å². The number of rotatable bonds is 2. The number of anilines is 1. The van der Waals surface area contributed by atoms with Gasteiger partial charge in [0.2, 0.25) is 0 Å². The second-order valence-electron chi connectivity index (χ2n) is 4.16. The summed E-state index contributed by atoms with van der Waals surface area (Å²) in [6, 6.07) is -0.0736. The van der Waals surface area contributed by atoms with Crippen LogP contribution < -0.4 is 11.5 Å². The van der Waals surface area contributed by atoms with E-state index in [0.717, 1.165) is 0 Å². The molecule has 0 aliphatic carbocycles. The van der Waals surface area contributed by atoms with Crippen LogP contribution in [0.1, 0.15) is 24.0 Å². The van der Waals surface area contributed by atoms with E-state index in [2.05, 4.69) is 9.97 Å². The first-order valence-corrected chi connectivity index (χ1v) is 6.79. The quantitative estimate of drug-likeness (QED) is 0.714. The number of nitrogens with zero attached hydrogens (tertiary/aromatic N) is 2. The molecule has 2 heterocycles. The molecule has 1 atom stereocenters. The summed E-state index contributed by atoms with van der Waals surface area (Å²) >= 11 is 0. The van der Waals surface area contributed by atoms with Crippen molar-refractivity contribution in [2.75, 3.05) is 5.73 Å². The smallest absolute Gasteiger partial charge is 0.160 e. The lowest BCUT2D eigenvalue weighted by Crippen LogP contribution is -2.20. The van der Waals surface area contributed by atoms with Crippen molar-refractivity contribution in [2.24, 2.45) is 5.73 Å². The summed E-state index contributed by atoms with van der Waals surface area (Å²) in [7, 11) is -3.09. The zero-order valence-corrected chi connectivity index (χ0v) is 9.79. The van der Waals surface area contributed by atoms with Crippen molar-refractivity contribution in [1.29, 1.82) is 0 Å². The standard InChI is InChI=1S/C9H14N4O2S/c1-5(10)2-8-12-7-4-16(14,15)3-6(7)9(11)13-8/h5H,2-4,10H2,1H3,(H2,11,12,13). The third-order valence-corrected chi connectivity index (χ3v) is 3.84. The highest BCUT2D eigenvalue weighted by atomic mass is 32.2. The lowest BCUT2D eigenvalue weighted by molar-refractivity contribution is 0.597. The summed E-state index contributed by atoms with van der Waals surface area (Å²) in [6.07, 6.45) is 0.498. The van der Waals surface area contributed by atoms with Gasteiger partial charge in [-0.1, -0.05) is 0 Å². The van der Waals surface area contributed by atoms with Gasteiger partial charge in [0, 0.05) is 18.0 Å². The highest BCUT2D eigenvalue weighted by Crippen LogP contribution is 2.27. The number of hydrogen-bond acceptors (Lipinski definition) is 6. The molecule has 0 fully saturated rings. The Hall–Kier alpha value is -1.21. The fourth-order valence-electron chi connectivity index (χ4n) is 1.74. The highest BCUT2D eigenvalue weighted by molar-refractivity contribution is 7.90. The third-order valence-electron chi connectivity index (χ3n) is 2.40. The van der Waals surface area contributed by atoms with E-state index in [0.29, 0.717) is 23.5 Å². The van der Waals surface area contributed by atoms with Gasteiger partial charge in [0.05, 0.1) is 17.2 Å². The average Bonchev–Trinajstić information content (AvgIpc) is 2.38. The van der Waals surface area contributed by atoms with E-state index in [4.69, 9.17) is 11.5 Å². The van der Waals surface area contributed by atoms with Crippen LogP contribution >= 0.6 is 0 Å². The number of fused-ring (bicyclic) bond motifs is 1. The normalized spacial score (nSPS) is 19.4. The Morgan fingerprint density at radius 2 is 2.06 bits per heavy atom. The Morgan fingerprint density at radius 3 is 2.69 bits per heavy atom. The van der Waals surface area contributed by atoms with Crippen molar-refractivity contribution >= 4 is 15.7 Å². The Kier molecular flexibility index (Phi) is 2.59. The van der Waals surface area contributed by atoms with Crippen LogP contribution in [0.3, 0.4) is 0 Å². The number of hydrogen-bond donors (Lipinski definition) is 2. The molecular weight excluding hydrogens is 228 g/mol. The van der Waals surface area contributed by atoms with E-state index in [1.165, 1.54) is 0 Å². The summed E-state index contributed by atoms with van der Waals surface area (Å²) in [5, 5.41) is 0. The molecular formula is C9H14N4O2S. The SMILES string of the molecule is CC(N)Cc1nc(N)c2c(n1)CS(=O)(=O)C2. The molecule has 2 rings (SSSR count). The predicted octanol–water partition coefficient (Wildman–Crippen LogP) is -0.623. The predicted molar refractivity (Wildman–Crippen MR) is 60.1 cm³/mol. The molecule has 0 saturated heterocycles. The molecule has 0 saturated carbocycles. The van der Waals surface area contributed by atoms with Crippen LogP contribution in [-0.2, 0) is 27.8 Å².